The summed E-state index contributed by atoms with van der Waals surface area (Å²) in [5, 5.41) is 0.809. The average molecular weight is 406 g/mol. The second-order valence-electron chi connectivity index (χ2n) is 7.48. The zero-order valence-corrected chi connectivity index (χ0v) is 16.9. The number of hydrogen-bond donors (Lipinski definition) is 0. The second-order valence-corrected chi connectivity index (χ2v) is 7.48. The number of benzene rings is 1. The molecule has 2 aromatic heterocycles. The van der Waals surface area contributed by atoms with Gasteiger partial charge in [0.05, 0.1) is 18.2 Å². The highest BCUT2D eigenvalue weighted by Crippen LogP contribution is 2.29. The second kappa shape index (κ2) is 8.10. The fourth-order valence-corrected chi connectivity index (χ4v) is 3.72. The summed E-state index contributed by atoms with van der Waals surface area (Å²) in [5.41, 5.74) is 2.34. The molecule has 3 aromatic rings. The highest BCUT2D eigenvalue weighted by molar-refractivity contribution is 5.89. The smallest absolute Gasteiger partial charge is 0.336 e. The number of carbonyl (C=O) groups is 2. The summed E-state index contributed by atoms with van der Waals surface area (Å²) in [4.78, 5) is 42.7. The van der Waals surface area contributed by atoms with E-state index in [1.807, 2.05) is 38.1 Å². The molecular formula is C23H22N2O5. The van der Waals surface area contributed by atoms with E-state index in [9.17, 15) is 14.4 Å². The van der Waals surface area contributed by atoms with Gasteiger partial charge in [-0.25, -0.2) is 4.79 Å². The van der Waals surface area contributed by atoms with Crippen LogP contribution in [0.15, 0.2) is 51.8 Å². The van der Waals surface area contributed by atoms with E-state index in [0.29, 0.717) is 24.3 Å². The fraction of sp³-hybridized carbons (Fsp3) is 0.304. The van der Waals surface area contributed by atoms with E-state index in [0.717, 1.165) is 22.2 Å². The molecular weight excluding hydrogens is 384 g/mol. The standard InChI is InChI=1S/C23H22N2O5/c1-3-15-9-18-14(2)8-22(27)29-20(18)11-19(15)30-23(28)16-10-21(26)25(12-16)13-17-6-4-5-7-24-17/h4-9,11,16H,3,10,12-13H2,1-2H3. The number of carbonyl (C=O) groups excluding carboxylic acids is 2. The Kier molecular flexibility index (Phi) is 5.35. The molecule has 1 amide bonds. The molecule has 1 aliphatic heterocycles. The molecule has 1 fully saturated rings. The molecule has 7 heteroatoms. The molecule has 0 aliphatic carbocycles. The first-order chi connectivity index (χ1) is 14.4. The lowest BCUT2D eigenvalue weighted by molar-refractivity contribution is -0.139. The van der Waals surface area contributed by atoms with Crippen LogP contribution >= 0.6 is 0 Å². The van der Waals surface area contributed by atoms with Crippen LogP contribution in [-0.2, 0) is 22.6 Å². The number of nitrogens with zero attached hydrogens (tertiary/aromatic N) is 2. The van der Waals surface area contributed by atoms with E-state index in [2.05, 4.69) is 4.98 Å². The van der Waals surface area contributed by atoms with Crippen LogP contribution in [0.3, 0.4) is 0 Å². The molecule has 3 heterocycles. The highest BCUT2D eigenvalue weighted by atomic mass is 16.5. The zero-order chi connectivity index (χ0) is 21.3. The number of likely N-dealkylation sites (tertiary alicyclic amines) is 1. The van der Waals surface area contributed by atoms with Crippen molar-refractivity contribution in [3.05, 3.63) is 69.8 Å². The van der Waals surface area contributed by atoms with Gasteiger partial charge in [-0.15, -0.1) is 0 Å². The summed E-state index contributed by atoms with van der Waals surface area (Å²) in [7, 11) is 0. The minimum atomic E-state index is -0.550. The lowest BCUT2D eigenvalue weighted by atomic mass is 10.0. The Labute approximate surface area is 173 Å². The Hall–Kier alpha value is -3.48. The summed E-state index contributed by atoms with van der Waals surface area (Å²) in [6.07, 6.45) is 2.43. The van der Waals surface area contributed by atoms with Crippen molar-refractivity contribution in [2.45, 2.75) is 33.2 Å². The van der Waals surface area contributed by atoms with Crippen LogP contribution in [0.5, 0.6) is 5.75 Å². The van der Waals surface area contributed by atoms with Crippen LogP contribution in [0.4, 0.5) is 0 Å². The Morgan fingerprint density at radius 2 is 2.10 bits per heavy atom. The van der Waals surface area contributed by atoms with Gasteiger partial charge < -0.3 is 14.1 Å². The Balaban J connectivity index is 1.53. The average Bonchev–Trinajstić information content (AvgIpc) is 3.08. The molecule has 1 aliphatic rings. The minimum Gasteiger partial charge on any atom is -0.426 e. The third-order valence-corrected chi connectivity index (χ3v) is 5.35. The molecule has 1 aromatic carbocycles. The van der Waals surface area contributed by atoms with Crippen molar-refractivity contribution in [1.82, 2.24) is 9.88 Å². The summed E-state index contributed by atoms with van der Waals surface area (Å²) >= 11 is 0. The van der Waals surface area contributed by atoms with Crippen molar-refractivity contribution in [1.29, 1.82) is 0 Å². The van der Waals surface area contributed by atoms with Crippen LogP contribution < -0.4 is 10.4 Å². The normalized spacial score (nSPS) is 16.3. The summed E-state index contributed by atoms with van der Waals surface area (Å²) in [5.74, 6) is -0.750. The number of esters is 1. The highest BCUT2D eigenvalue weighted by Gasteiger charge is 2.36. The number of pyridine rings is 1. The van der Waals surface area contributed by atoms with Gasteiger partial charge in [0.15, 0.2) is 0 Å². The molecule has 7 nitrogen and oxygen atoms in total. The fourth-order valence-electron chi connectivity index (χ4n) is 3.72. The molecule has 30 heavy (non-hydrogen) atoms. The Bertz CT molecular complexity index is 1170. The van der Waals surface area contributed by atoms with Crippen LogP contribution in [-0.4, -0.2) is 28.3 Å². The zero-order valence-electron chi connectivity index (χ0n) is 16.9. The van der Waals surface area contributed by atoms with E-state index >= 15 is 0 Å². The molecule has 0 saturated carbocycles. The lowest BCUT2D eigenvalue weighted by Crippen LogP contribution is -2.27. The molecule has 1 unspecified atom stereocenters. The summed E-state index contributed by atoms with van der Waals surface area (Å²) < 4.78 is 10.9. The summed E-state index contributed by atoms with van der Waals surface area (Å²) in [6.45, 7) is 4.45. The first-order valence-corrected chi connectivity index (χ1v) is 9.91. The van der Waals surface area contributed by atoms with Crippen LogP contribution in [0.1, 0.15) is 30.2 Å². The number of hydrogen-bond acceptors (Lipinski definition) is 6. The van der Waals surface area contributed by atoms with Crippen LogP contribution in [0.25, 0.3) is 11.0 Å². The van der Waals surface area contributed by atoms with Crippen LogP contribution in [0.2, 0.25) is 0 Å². The topological polar surface area (TPSA) is 89.7 Å². The largest absolute Gasteiger partial charge is 0.426 e. The van der Waals surface area contributed by atoms with Crippen molar-refractivity contribution in [2.75, 3.05) is 6.54 Å². The quantitative estimate of drug-likeness (QED) is 0.368. The van der Waals surface area contributed by atoms with Gasteiger partial charge in [0.2, 0.25) is 5.91 Å². The predicted octanol–water partition coefficient (Wildman–Crippen LogP) is 3.01. The summed E-state index contributed by atoms with van der Waals surface area (Å²) in [6, 6.07) is 10.4. The number of rotatable bonds is 5. The molecule has 0 bridgehead atoms. The van der Waals surface area contributed by atoms with E-state index in [4.69, 9.17) is 9.15 Å². The number of fused-ring (bicyclic) bond motifs is 1. The number of aryl methyl sites for hydroxylation is 2. The number of amides is 1. The van der Waals surface area contributed by atoms with E-state index in [1.54, 1.807) is 17.2 Å². The minimum absolute atomic E-state index is 0.0987. The maximum absolute atomic E-state index is 12.8. The molecule has 0 radical (unpaired) electrons. The van der Waals surface area contributed by atoms with Crippen molar-refractivity contribution >= 4 is 22.8 Å². The molecule has 0 spiro atoms. The maximum Gasteiger partial charge on any atom is 0.336 e. The Morgan fingerprint density at radius 3 is 2.83 bits per heavy atom. The third kappa shape index (κ3) is 3.96. The van der Waals surface area contributed by atoms with Gasteiger partial charge in [-0.3, -0.25) is 14.6 Å². The maximum atomic E-state index is 12.8. The van der Waals surface area contributed by atoms with Crippen molar-refractivity contribution < 1.29 is 18.7 Å². The van der Waals surface area contributed by atoms with Gasteiger partial charge in [0.1, 0.15) is 11.3 Å². The van der Waals surface area contributed by atoms with Gasteiger partial charge in [0.25, 0.3) is 0 Å². The van der Waals surface area contributed by atoms with Gasteiger partial charge in [-0.05, 0) is 42.7 Å². The molecule has 4 rings (SSSR count). The van der Waals surface area contributed by atoms with Gasteiger partial charge >= 0.3 is 11.6 Å². The molecule has 1 atom stereocenters. The van der Waals surface area contributed by atoms with Crippen molar-refractivity contribution in [2.24, 2.45) is 5.92 Å². The van der Waals surface area contributed by atoms with Gasteiger partial charge in [-0.2, -0.15) is 0 Å². The van der Waals surface area contributed by atoms with Crippen molar-refractivity contribution in [3.63, 3.8) is 0 Å². The number of aromatic nitrogens is 1. The van der Waals surface area contributed by atoms with Crippen LogP contribution in [0, 0.1) is 12.8 Å². The first-order valence-electron chi connectivity index (χ1n) is 9.91. The monoisotopic (exact) mass is 406 g/mol. The Morgan fingerprint density at radius 1 is 1.27 bits per heavy atom. The molecule has 1 saturated heterocycles. The SMILES string of the molecule is CCc1cc2c(C)cc(=O)oc2cc1OC(=O)C1CC(=O)N(Cc2ccccn2)C1. The predicted molar refractivity (Wildman–Crippen MR) is 110 cm³/mol. The number of ether oxygens (including phenoxy) is 1. The van der Waals surface area contributed by atoms with E-state index in [1.165, 1.54) is 6.07 Å². The van der Waals surface area contributed by atoms with Crippen molar-refractivity contribution in [3.8, 4) is 5.75 Å². The van der Waals surface area contributed by atoms with E-state index in [-0.39, 0.29) is 18.9 Å². The van der Waals surface area contributed by atoms with Gasteiger partial charge in [0, 0.05) is 36.7 Å². The molecule has 0 N–H and O–H groups in total. The third-order valence-electron chi connectivity index (χ3n) is 5.35. The lowest BCUT2D eigenvalue weighted by Gasteiger charge is -2.16. The van der Waals surface area contributed by atoms with E-state index < -0.39 is 17.5 Å². The first kappa shape index (κ1) is 19.8. The molecule has 154 valence electrons. The van der Waals surface area contributed by atoms with Gasteiger partial charge in [-0.1, -0.05) is 13.0 Å².